The van der Waals surface area contributed by atoms with Gasteiger partial charge in [-0.05, 0) is 12.1 Å². The van der Waals surface area contributed by atoms with Gasteiger partial charge in [-0.3, -0.25) is 4.98 Å². The molecule has 0 saturated heterocycles. The Morgan fingerprint density at radius 1 is 1.55 bits per heavy atom. The minimum absolute atomic E-state index is 0.0226. The Morgan fingerprint density at radius 3 is 2.73 bits per heavy atom. The second-order valence-corrected chi connectivity index (χ2v) is 2.66. The molecule has 1 aromatic rings. The summed E-state index contributed by atoms with van der Waals surface area (Å²) in [5, 5.41) is -3.32. The number of nitrogens with zero attached hydrogens (tertiary/aromatic N) is 1. The first-order valence-corrected chi connectivity index (χ1v) is 3.53. The number of alkyl halides is 3. The lowest BCUT2D eigenvalue weighted by Gasteiger charge is -2.09. The molecule has 0 saturated carbocycles. The predicted octanol–water partition coefficient (Wildman–Crippen LogP) is 2.41. The van der Waals surface area contributed by atoms with E-state index < -0.39 is 5.02 Å². The first kappa shape index (κ1) is 8.39. The van der Waals surface area contributed by atoms with Gasteiger partial charge in [0.05, 0.1) is 6.20 Å². The fourth-order valence-corrected chi connectivity index (χ4v) is 0.728. The van der Waals surface area contributed by atoms with Crippen LogP contribution in [0.15, 0.2) is 24.5 Å². The van der Waals surface area contributed by atoms with E-state index in [0.29, 0.717) is 0 Å². The van der Waals surface area contributed by atoms with Crippen LogP contribution in [0.4, 0.5) is 8.78 Å². The molecule has 1 aromatic heterocycles. The van der Waals surface area contributed by atoms with E-state index in [1.165, 1.54) is 24.5 Å². The highest BCUT2D eigenvalue weighted by Crippen LogP contribution is 2.25. The second-order valence-electron chi connectivity index (χ2n) is 1.74. The average Bonchev–Trinajstić information content (AvgIpc) is 1.85. The number of aromatic nitrogens is 1. The summed E-state index contributed by atoms with van der Waals surface area (Å²) >= 11 is 2.03. The molecule has 60 valence electrons. The number of ether oxygens (including phenoxy) is 1. The Labute approximate surface area is 70.3 Å². The van der Waals surface area contributed by atoms with Gasteiger partial charge < -0.3 is 4.74 Å². The first-order valence-electron chi connectivity index (χ1n) is 2.74. The van der Waals surface area contributed by atoms with E-state index in [9.17, 15) is 8.78 Å². The molecule has 0 spiro atoms. The van der Waals surface area contributed by atoms with Crippen LogP contribution in [0, 0.1) is 0 Å². The van der Waals surface area contributed by atoms with Gasteiger partial charge in [0.2, 0.25) is 0 Å². The molecular formula is C6H4BrF2NO. The zero-order valence-corrected chi connectivity index (χ0v) is 6.88. The van der Waals surface area contributed by atoms with Crippen molar-refractivity contribution in [1.29, 1.82) is 0 Å². The van der Waals surface area contributed by atoms with Crippen molar-refractivity contribution in [2.45, 2.75) is 5.02 Å². The lowest BCUT2D eigenvalue weighted by atomic mass is 10.5. The largest absolute Gasteiger partial charge is 0.459 e. The van der Waals surface area contributed by atoms with Crippen LogP contribution in [0.2, 0.25) is 0 Å². The molecule has 11 heavy (non-hydrogen) atoms. The van der Waals surface area contributed by atoms with Crippen LogP contribution < -0.4 is 4.74 Å². The monoisotopic (exact) mass is 223 g/mol. The second kappa shape index (κ2) is 3.13. The maximum absolute atomic E-state index is 12.1. The summed E-state index contributed by atoms with van der Waals surface area (Å²) in [5.41, 5.74) is 0. The molecule has 0 unspecified atom stereocenters. The van der Waals surface area contributed by atoms with E-state index in [4.69, 9.17) is 0 Å². The molecule has 1 rings (SSSR count). The summed E-state index contributed by atoms with van der Waals surface area (Å²) in [4.78, 5) is 3.59. The van der Waals surface area contributed by atoms with Gasteiger partial charge in [0.15, 0.2) is 0 Å². The van der Waals surface area contributed by atoms with E-state index in [1.54, 1.807) is 0 Å². The minimum Gasteiger partial charge on any atom is -0.422 e. The fourth-order valence-electron chi connectivity index (χ4n) is 0.541. The molecule has 0 atom stereocenters. The minimum atomic E-state index is -3.32. The third kappa shape index (κ3) is 3.27. The van der Waals surface area contributed by atoms with E-state index in [1.807, 2.05) is 15.9 Å². The van der Waals surface area contributed by atoms with Gasteiger partial charge >= 0.3 is 5.02 Å². The summed E-state index contributed by atoms with van der Waals surface area (Å²) in [6, 6.07) is 2.90. The SMILES string of the molecule is FC(F)(Br)Oc1cccnc1. The molecule has 0 radical (unpaired) electrons. The van der Waals surface area contributed by atoms with Gasteiger partial charge in [0.25, 0.3) is 0 Å². The molecule has 0 bridgehead atoms. The zero-order chi connectivity index (χ0) is 8.32. The summed E-state index contributed by atoms with van der Waals surface area (Å²) in [5.74, 6) is 0.0226. The quantitative estimate of drug-likeness (QED) is 0.719. The number of hydrogen-bond acceptors (Lipinski definition) is 2. The smallest absolute Gasteiger partial charge is 0.422 e. The van der Waals surface area contributed by atoms with E-state index in [-0.39, 0.29) is 5.75 Å². The van der Waals surface area contributed by atoms with Crippen molar-refractivity contribution in [1.82, 2.24) is 4.98 Å². The Morgan fingerprint density at radius 2 is 2.27 bits per heavy atom. The van der Waals surface area contributed by atoms with Gasteiger partial charge in [-0.1, -0.05) is 0 Å². The van der Waals surface area contributed by atoms with Crippen LogP contribution in [0.5, 0.6) is 5.75 Å². The zero-order valence-electron chi connectivity index (χ0n) is 5.30. The lowest BCUT2D eigenvalue weighted by Crippen LogP contribution is -2.14. The Bertz CT molecular complexity index is 224. The van der Waals surface area contributed by atoms with Gasteiger partial charge in [-0.2, -0.15) is 8.78 Å². The van der Waals surface area contributed by atoms with Crippen molar-refractivity contribution in [2.24, 2.45) is 0 Å². The van der Waals surface area contributed by atoms with Crippen LogP contribution in [0.1, 0.15) is 0 Å². The Balaban J connectivity index is 2.66. The molecule has 0 aliphatic heterocycles. The molecule has 0 amide bonds. The van der Waals surface area contributed by atoms with Crippen molar-refractivity contribution in [3.8, 4) is 5.75 Å². The Kier molecular flexibility index (Phi) is 2.38. The van der Waals surface area contributed by atoms with Crippen molar-refractivity contribution in [3.05, 3.63) is 24.5 Å². The van der Waals surface area contributed by atoms with Crippen molar-refractivity contribution < 1.29 is 13.5 Å². The summed E-state index contributed by atoms with van der Waals surface area (Å²) in [7, 11) is 0. The van der Waals surface area contributed by atoms with Gasteiger partial charge in [-0.15, -0.1) is 0 Å². The third-order valence-corrected chi connectivity index (χ3v) is 1.03. The van der Waals surface area contributed by atoms with E-state index >= 15 is 0 Å². The van der Waals surface area contributed by atoms with Crippen LogP contribution >= 0.6 is 15.9 Å². The highest BCUT2D eigenvalue weighted by molar-refractivity contribution is 9.09. The predicted molar refractivity (Wildman–Crippen MR) is 38.7 cm³/mol. The molecule has 1 heterocycles. The van der Waals surface area contributed by atoms with Crippen LogP contribution in [-0.4, -0.2) is 10.0 Å². The molecule has 0 N–H and O–H groups in total. The van der Waals surface area contributed by atoms with E-state index in [0.717, 1.165) is 0 Å². The normalized spacial score (nSPS) is 11.2. The summed E-state index contributed by atoms with van der Waals surface area (Å²) in [6.45, 7) is 0. The number of pyridine rings is 1. The number of rotatable bonds is 2. The third-order valence-electron chi connectivity index (χ3n) is 0.868. The number of halogens is 3. The Hall–Kier alpha value is -0.710. The van der Waals surface area contributed by atoms with Crippen molar-refractivity contribution in [3.63, 3.8) is 0 Å². The topological polar surface area (TPSA) is 22.1 Å². The molecule has 2 nitrogen and oxygen atoms in total. The fraction of sp³-hybridized carbons (Fsp3) is 0.167. The molecule has 0 aromatic carbocycles. The maximum atomic E-state index is 12.1. The summed E-state index contributed by atoms with van der Waals surface area (Å²) in [6.07, 6.45) is 2.68. The van der Waals surface area contributed by atoms with Crippen molar-refractivity contribution in [2.75, 3.05) is 0 Å². The molecular weight excluding hydrogens is 220 g/mol. The highest BCUT2D eigenvalue weighted by Gasteiger charge is 2.26. The molecule has 0 aliphatic rings. The molecule has 0 fully saturated rings. The number of hydrogen-bond donors (Lipinski definition) is 0. The van der Waals surface area contributed by atoms with Crippen LogP contribution in [-0.2, 0) is 0 Å². The van der Waals surface area contributed by atoms with E-state index in [2.05, 4.69) is 9.72 Å². The van der Waals surface area contributed by atoms with Crippen LogP contribution in [0.3, 0.4) is 0 Å². The van der Waals surface area contributed by atoms with Crippen molar-refractivity contribution >= 4 is 15.9 Å². The van der Waals surface area contributed by atoms with Gasteiger partial charge in [0.1, 0.15) is 5.75 Å². The molecule has 5 heteroatoms. The summed E-state index contributed by atoms with van der Waals surface area (Å²) < 4.78 is 28.3. The maximum Gasteiger partial charge on any atom is 0.459 e. The van der Waals surface area contributed by atoms with Gasteiger partial charge in [-0.25, -0.2) is 0 Å². The van der Waals surface area contributed by atoms with Gasteiger partial charge in [0, 0.05) is 22.1 Å². The lowest BCUT2D eigenvalue weighted by molar-refractivity contribution is -0.0805. The highest BCUT2D eigenvalue weighted by atomic mass is 79.9. The van der Waals surface area contributed by atoms with Crippen LogP contribution in [0.25, 0.3) is 0 Å². The standard InChI is InChI=1S/C6H4BrF2NO/c7-6(8,9)11-5-2-1-3-10-4-5/h1-4H. The molecule has 0 aliphatic carbocycles. The first-order chi connectivity index (χ1) is 5.08. The average molecular weight is 224 g/mol.